The molecule has 0 radical (unpaired) electrons. The van der Waals surface area contributed by atoms with Crippen LogP contribution in [0.25, 0.3) is 0 Å². The van der Waals surface area contributed by atoms with Crippen LogP contribution in [0.4, 0.5) is 0 Å². The highest BCUT2D eigenvalue weighted by Gasteiger charge is 2.45. The highest BCUT2D eigenvalue weighted by Crippen LogP contribution is 2.29. The number of pyridine rings is 1. The molecule has 1 amide bonds. The second kappa shape index (κ2) is 4.76. The molecule has 1 N–H and O–H groups in total. The van der Waals surface area contributed by atoms with Crippen LogP contribution in [-0.4, -0.2) is 39.0 Å². The molecule has 5 nitrogen and oxygen atoms in total. The Labute approximate surface area is 105 Å². The fraction of sp³-hybridized carbons (Fsp3) is 0.462. The van der Waals surface area contributed by atoms with E-state index in [1.807, 2.05) is 6.07 Å². The summed E-state index contributed by atoms with van der Waals surface area (Å²) in [5, 5.41) is 9.25. The summed E-state index contributed by atoms with van der Waals surface area (Å²) >= 11 is 0. The van der Waals surface area contributed by atoms with E-state index in [4.69, 9.17) is 0 Å². The van der Waals surface area contributed by atoms with Crippen molar-refractivity contribution in [3.05, 3.63) is 30.1 Å². The second-order valence-electron chi connectivity index (χ2n) is 4.77. The summed E-state index contributed by atoms with van der Waals surface area (Å²) in [6, 6.07) is 3.59. The van der Waals surface area contributed by atoms with E-state index in [-0.39, 0.29) is 12.3 Å². The number of amides is 1. The van der Waals surface area contributed by atoms with E-state index in [0.717, 1.165) is 12.0 Å². The largest absolute Gasteiger partial charge is 0.480 e. The molecule has 2 rings (SSSR count). The normalized spacial score (nSPS) is 23.1. The number of hydrogen-bond donors (Lipinski definition) is 1. The van der Waals surface area contributed by atoms with Gasteiger partial charge in [0, 0.05) is 18.9 Å². The van der Waals surface area contributed by atoms with Crippen molar-refractivity contribution < 1.29 is 14.7 Å². The highest BCUT2D eigenvalue weighted by atomic mass is 16.4. The summed E-state index contributed by atoms with van der Waals surface area (Å²) in [6.07, 6.45) is 4.73. The minimum absolute atomic E-state index is 0.148. The van der Waals surface area contributed by atoms with Gasteiger partial charge >= 0.3 is 5.97 Å². The van der Waals surface area contributed by atoms with Crippen LogP contribution in [0.3, 0.4) is 0 Å². The molecular formula is C13H16N2O3. The molecule has 5 heteroatoms. The molecule has 0 aromatic carbocycles. The smallest absolute Gasteiger partial charge is 0.329 e. The average molecular weight is 248 g/mol. The quantitative estimate of drug-likeness (QED) is 0.869. The minimum Gasteiger partial charge on any atom is -0.480 e. The van der Waals surface area contributed by atoms with Crippen molar-refractivity contribution in [2.75, 3.05) is 6.54 Å². The standard InChI is InChI=1S/C13H16N2O3/c1-13(12(17)18)5-3-7-15(13)11(16)8-10-4-2-6-14-9-10/h2,4,6,9H,3,5,7-8H2,1H3,(H,17,18). The molecule has 1 aliphatic rings. The summed E-state index contributed by atoms with van der Waals surface area (Å²) in [7, 11) is 0. The van der Waals surface area contributed by atoms with Gasteiger partial charge in [0.15, 0.2) is 0 Å². The van der Waals surface area contributed by atoms with Crippen molar-refractivity contribution in [2.24, 2.45) is 0 Å². The van der Waals surface area contributed by atoms with Crippen LogP contribution in [0.5, 0.6) is 0 Å². The molecular weight excluding hydrogens is 232 g/mol. The number of carboxylic acid groups (broad SMARTS) is 1. The first-order valence-electron chi connectivity index (χ1n) is 5.97. The number of carbonyl (C=O) groups is 2. The third-order valence-electron chi connectivity index (χ3n) is 3.48. The van der Waals surface area contributed by atoms with Gasteiger partial charge in [-0.3, -0.25) is 9.78 Å². The Morgan fingerprint density at radius 1 is 1.56 bits per heavy atom. The van der Waals surface area contributed by atoms with Crippen molar-refractivity contribution in [3.63, 3.8) is 0 Å². The van der Waals surface area contributed by atoms with Gasteiger partial charge in [0.2, 0.25) is 5.91 Å². The Kier molecular flexibility index (Phi) is 3.32. The van der Waals surface area contributed by atoms with E-state index in [0.29, 0.717) is 13.0 Å². The SMILES string of the molecule is CC1(C(=O)O)CCCN1C(=O)Cc1cccnc1. The fourth-order valence-corrected chi connectivity index (χ4v) is 2.36. The number of likely N-dealkylation sites (tertiary alicyclic amines) is 1. The van der Waals surface area contributed by atoms with Gasteiger partial charge < -0.3 is 10.0 Å². The molecule has 96 valence electrons. The lowest BCUT2D eigenvalue weighted by molar-refractivity contribution is -0.155. The summed E-state index contributed by atoms with van der Waals surface area (Å²) in [5.74, 6) is -1.08. The lowest BCUT2D eigenvalue weighted by atomic mass is 9.99. The summed E-state index contributed by atoms with van der Waals surface area (Å²) in [5.41, 5.74) is -0.249. The maximum absolute atomic E-state index is 12.2. The number of hydrogen-bond acceptors (Lipinski definition) is 3. The Morgan fingerprint density at radius 2 is 2.33 bits per heavy atom. The maximum Gasteiger partial charge on any atom is 0.329 e. The van der Waals surface area contributed by atoms with E-state index in [1.165, 1.54) is 4.90 Å². The summed E-state index contributed by atoms with van der Waals surface area (Å²) in [4.78, 5) is 28.9. The zero-order valence-electron chi connectivity index (χ0n) is 10.3. The fourth-order valence-electron chi connectivity index (χ4n) is 2.36. The molecule has 1 aromatic rings. The predicted molar refractivity (Wildman–Crippen MR) is 64.9 cm³/mol. The lowest BCUT2D eigenvalue weighted by Crippen LogP contribution is -2.51. The van der Waals surface area contributed by atoms with Crippen molar-refractivity contribution >= 4 is 11.9 Å². The van der Waals surface area contributed by atoms with Gasteiger partial charge in [-0.05, 0) is 31.4 Å². The van der Waals surface area contributed by atoms with Crippen LogP contribution < -0.4 is 0 Å². The van der Waals surface area contributed by atoms with Gasteiger partial charge in [0.25, 0.3) is 0 Å². The summed E-state index contributed by atoms with van der Waals surface area (Å²) < 4.78 is 0. The molecule has 1 fully saturated rings. The monoisotopic (exact) mass is 248 g/mol. The van der Waals surface area contributed by atoms with Crippen molar-refractivity contribution in [1.29, 1.82) is 0 Å². The molecule has 1 aliphatic heterocycles. The van der Waals surface area contributed by atoms with Crippen LogP contribution >= 0.6 is 0 Å². The number of carboxylic acids is 1. The Hall–Kier alpha value is -1.91. The van der Waals surface area contributed by atoms with E-state index in [1.54, 1.807) is 25.4 Å². The Balaban J connectivity index is 2.12. The van der Waals surface area contributed by atoms with Crippen molar-refractivity contribution in [2.45, 2.75) is 31.7 Å². The van der Waals surface area contributed by atoms with E-state index >= 15 is 0 Å². The maximum atomic E-state index is 12.2. The Morgan fingerprint density at radius 3 is 2.94 bits per heavy atom. The van der Waals surface area contributed by atoms with Gasteiger partial charge in [-0.15, -0.1) is 0 Å². The van der Waals surface area contributed by atoms with Gasteiger partial charge in [0.05, 0.1) is 6.42 Å². The molecule has 0 spiro atoms. The first-order chi connectivity index (χ1) is 8.54. The van der Waals surface area contributed by atoms with Gasteiger partial charge in [-0.25, -0.2) is 4.79 Å². The van der Waals surface area contributed by atoms with Crippen LogP contribution in [0.1, 0.15) is 25.3 Å². The number of rotatable bonds is 3. The lowest BCUT2D eigenvalue weighted by Gasteiger charge is -2.31. The number of nitrogens with zero attached hydrogens (tertiary/aromatic N) is 2. The first kappa shape index (κ1) is 12.5. The summed E-state index contributed by atoms with van der Waals surface area (Å²) in [6.45, 7) is 2.13. The number of carbonyl (C=O) groups excluding carboxylic acids is 1. The van der Waals surface area contributed by atoms with E-state index < -0.39 is 11.5 Å². The number of aromatic nitrogens is 1. The number of aliphatic carboxylic acids is 1. The molecule has 0 saturated carbocycles. The Bertz CT molecular complexity index is 461. The molecule has 1 atom stereocenters. The van der Waals surface area contributed by atoms with Gasteiger partial charge in [0.1, 0.15) is 5.54 Å². The molecule has 1 aromatic heterocycles. The molecule has 18 heavy (non-hydrogen) atoms. The second-order valence-corrected chi connectivity index (χ2v) is 4.77. The van der Waals surface area contributed by atoms with Crippen LogP contribution in [-0.2, 0) is 16.0 Å². The van der Waals surface area contributed by atoms with Gasteiger partial charge in [-0.1, -0.05) is 6.07 Å². The van der Waals surface area contributed by atoms with Crippen LogP contribution in [0, 0.1) is 0 Å². The third-order valence-corrected chi connectivity index (χ3v) is 3.48. The first-order valence-corrected chi connectivity index (χ1v) is 5.97. The molecule has 2 heterocycles. The molecule has 1 unspecified atom stereocenters. The van der Waals surface area contributed by atoms with Crippen LogP contribution in [0.15, 0.2) is 24.5 Å². The minimum atomic E-state index is -1.06. The third kappa shape index (κ3) is 2.20. The van der Waals surface area contributed by atoms with Gasteiger partial charge in [-0.2, -0.15) is 0 Å². The molecule has 0 bridgehead atoms. The molecule has 1 saturated heterocycles. The molecule has 0 aliphatic carbocycles. The topological polar surface area (TPSA) is 70.5 Å². The highest BCUT2D eigenvalue weighted by molar-refractivity contribution is 5.88. The zero-order valence-corrected chi connectivity index (χ0v) is 10.3. The van der Waals surface area contributed by atoms with Crippen molar-refractivity contribution in [3.8, 4) is 0 Å². The van der Waals surface area contributed by atoms with Crippen molar-refractivity contribution in [1.82, 2.24) is 9.88 Å². The van der Waals surface area contributed by atoms with E-state index in [9.17, 15) is 14.7 Å². The zero-order chi connectivity index (χ0) is 13.2. The average Bonchev–Trinajstić information content (AvgIpc) is 2.74. The van der Waals surface area contributed by atoms with Crippen LogP contribution in [0.2, 0.25) is 0 Å². The van der Waals surface area contributed by atoms with E-state index in [2.05, 4.69) is 4.98 Å². The predicted octanol–water partition coefficient (Wildman–Crippen LogP) is 1.09.